The van der Waals surface area contributed by atoms with E-state index in [4.69, 9.17) is 0 Å². The molecule has 1 aliphatic carbocycles. The Kier molecular flexibility index (Phi) is 7.20. The monoisotopic (exact) mass is 437 g/mol. The average Bonchev–Trinajstić information content (AvgIpc) is 3.35. The number of nitrogens with zero attached hydrogens (tertiary/aromatic N) is 2. The van der Waals surface area contributed by atoms with Crippen molar-refractivity contribution in [3.8, 4) is 0 Å². The van der Waals surface area contributed by atoms with Crippen molar-refractivity contribution in [2.45, 2.75) is 45.1 Å². The van der Waals surface area contributed by atoms with Gasteiger partial charge in [0.2, 0.25) is 5.91 Å². The minimum Gasteiger partial charge on any atom is -0.336 e. The van der Waals surface area contributed by atoms with Crippen LogP contribution in [-0.4, -0.2) is 53.8 Å². The predicted octanol–water partition coefficient (Wildman–Crippen LogP) is 4.34. The minimum absolute atomic E-state index is 0.0292. The first kappa shape index (κ1) is 22.5. The van der Waals surface area contributed by atoms with Gasteiger partial charge in [-0.05, 0) is 67.1 Å². The highest BCUT2D eigenvalue weighted by Gasteiger charge is 2.37. The number of amides is 2. The number of aryl methyl sites for hydroxylation is 1. The van der Waals surface area contributed by atoms with Crippen molar-refractivity contribution in [2.75, 3.05) is 31.5 Å². The third-order valence-corrected chi connectivity index (χ3v) is 6.83. The number of hydrogen-bond acceptors (Lipinski definition) is 3. The standard InChI is InChI=1S/C26H32FN3O2/c1-2-19-7-9-21(10-8-19)26(32)30-17-15-29(16-18-30)24(20-5-3-4-6-20)25(31)28-23-13-11-22(27)12-14-23/h7-14,20,24H,2-6,15-18H2,1H3,(H,28,31). The molecular formula is C26H32FN3O2. The first-order chi connectivity index (χ1) is 15.5. The van der Waals surface area contributed by atoms with Gasteiger partial charge in [0.1, 0.15) is 5.82 Å². The molecule has 1 saturated heterocycles. The van der Waals surface area contributed by atoms with Crippen LogP contribution in [-0.2, 0) is 11.2 Å². The molecule has 170 valence electrons. The second-order valence-corrected chi connectivity index (χ2v) is 8.86. The average molecular weight is 438 g/mol. The molecule has 2 amide bonds. The fourth-order valence-corrected chi connectivity index (χ4v) is 4.97. The first-order valence-corrected chi connectivity index (χ1v) is 11.7. The number of carbonyl (C=O) groups excluding carboxylic acids is 2. The summed E-state index contributed by atoms with van der Waals surface area (Å²) in [4.78, 5) is 30.3. The van der Waals surface area contributed by atoms with Crippen LogP contribution in [0.15, 0.2) is 48.5 Å². The van der Waals surface area contributed by atoms with E-state index in [2.05, 4.69) is 17.1 Å². The van der Waals surface area contributed by atoms with Gasteiger partial charge in [-0.15, -0.1) is 0 Å². The largest absolute Gasteiger partial charge is 0.336 e. The second-order valence-electron chi connectivity index (χ2n) is 8.86. The van der Waals surface area contributed by atoms with Crippen LogP contribution in [0.1, 0.15) is 48.5 Å². The number of nitrogens with one attached hydrogen (secondary N) is 1. The molecule has 1 heterocycles. The second kappa shape index (κ2) is 10.3. The van der Waals surface area contributed by atoms with E-state index >= 15 is 0 Å². The van der Waals surface area contributed by atoms with Crippen LogP contribution in [0.5, 0.6) is 0 Å². The topological polar surface area (TPSA) is 52.7 Å². The molecule has 1 aliphatic heterocycles. The highest BCUT2D eigenvalue weighted by molar-refractivity contribution is 5.95. The summed E-state index contributed by atoms with van der Waals surface area (Å²) in [6, 6.07) is 13.5. The van der Waals surface area contributed by atoms with Gasteiger partial charge in [-0.3, -0.25) is 14.5 Å². The zero-order valence-electron chi connectivity index (χ0n) is 18.7. The van der Waals surface area contributed by atoms with Gasteiger partial charge in [-0.1, -0.05) is 31.9 Å². The molecule has 32 heavy (non-hydrogen) atoms. The van der Waals surface area contributed by atoms with Crippen LogP contribution in [0.4, 0.5) is 10.1 Å². The normalized spacial score (nSPS) is 18.5. The van der Waals surface area contributed by atoms with Crippen LogP contribution in [0.2, 0.25) is 0 Å². The van der Waals surface area contributed by atoms with E-state index in [0.29, 0.717) is 37.8 Å². The van der Waals surface area contributed by atoms with Crippen molar-refractivity contribution >= 4 is 17.5 Å². The summed E-state index contributed by atoms with van der Waals surface area (Å²) in [6.07, 6.45) is 5.35. The van der Waals surface area contributed by atoms with Gasteiger partial charge in [-0.25, -0.2) is 4.39 Å². The molecule has 2 aromatic rings. The highest BCUT2D eigenvalue weighted by atomic mass is 19.1. The van der Waals surface area contributed by atoms with Crippen LogP contribution in [0, 0.1) is 11.7 Å². The van der Waals surface area contributed by atoms with E-state index in [1.807, 2.05) is 29.2 Å². The maximum Gasteiger partial charge on any atom is 0.253 e. The van der Waals surface area contributed by atoms with Gasteiger partial charge in [0.05, 0.1) is 6.04 Å². The van der Waals surface area contributed by atoms with E-state index in [9.17, 15) is 14.0 Å². The summed E-state index contributed by atoms with van der Waals surface area (Å²) in [5.74, 6) is 0.0266. The van der Waals surface area contributed by atoms with Gasteiger partial charge in [0.15, 0.2) is 0 Å². The zero-order valence-corrected chi connectivity index (χ0v) is 18.7. The molecule has 2 fully saturated rings. The number of hydrogen-bond donors (Lipinski definition) is 1. The quantitative estimate of drug-likeness (QED) is 0.731. The van der Waals surface area contributed by atoms with Gasteiger partial charge in [0, 0.05) is 37.4 Å². The van der Waals surface area contributed by atoms with Crippen molar-refractivity contribution in [3.63, 3.8) is 0 Å². The number of carbonyl (C=O) groups is 2. The molecule has 0 aromatic heterocycles. The van der Waals surface area contributed by atoms with Gasteiger partial charge in [0.25, 0.3) is 5.91 Å². The lowest BCUT2D eigenvalue weighted by Gasteiger charge is -2.40. The molecule has 0 spiro atoms. The van der Waals surface area contributed by atoms with Crippen LogP contribution in [0.25, 0.3) is 0 Å². The van der Waals surface area contributed by atoms with E-state index in [1.165, 1.54) is 17.7 Å². The Morgan fingerprint density at radius 1 is 0.969 bits per heavy atom. The molecule has 6 heteroatoms. The lowest BCUT2D eigenvalue weighted by Crippen LogP contribution is -2.56. The SMILES string of the molecule is CCc1ccc(C(=O)N2CCN(C(C(=O)Nc3ccc(F)cc3)C3CCCC3)CC2)cc1. The number of rotatable bonds is 6. The lowest BCUT2D eigenvalue weighted by atomic mass is 9.94. The van der Waals surface area contributed by atoms with Crippen molar-refractivity contribution in [3.05, 3.63) is 65.5 Å². The van der Waals surface area contributed by atoms with Crippen molar-refractivity contribution < 1.29 is 14.0 Å². The molecule has 4 rings (SSSR count). The number of piperazine rings is 1. The maximum absolute atomic E-state index is 13.3. The molecule has 5 nitrogen and oxygen atoms in total. The van der Waals surface area contributed by atoms with Gasteiger partial charge in [-0.2, -0.15) is 0 Å². The molecule has 0 bridgehead atoms. The summed E-state index contributed by atoms with van der Waals surface area (Å²) < 4.78 is 13.2. The van der Waals surface area contributed by atoms with Crippen molar-refractivity contribution in [1.82, 2.24) is 9.80 Å². The highest BCUT2D eigenvalue weighted by Crippen LogP contribution is 2.32. The Morgan fingerprint density at radius 2 is 1.59 bits per heavy atom. The van der Waals surface area contributed by atoms with Gasteiger partial charge >= 0.3 is 0 Å². The molecule has 1 N–H and O–H groups in total. The summed E-state index contributed by atoms with van der Waals surface area (Å²) in [5.41, 5.74) is 2.55. The van der Waals surface area contributed by atoms with E-state index < -0.39 is 0 Å². The predicted molar refractivity (Wildman–Crippen MR) is 124 cm³/mol. The third kappa shape index (κ3) is 5.18. The third-order valence-electron chi connectivity index (χ3n) is 6.83. The smallest absolute Gasteiger partial charge is 0.253 e. The fourth-order valence-electron chi connectivity index (χ4n) is 4.97. The van der Waals surface area contributed by atoms with Crippen LogP contribution < -0.4 is 5.32 Å². The fraction of sp³-hybridized carbons (Fsp3) is 0.462. The number of benzene rings is 2. The van der Waals surface area contributed by atoms with Crippen molar-refractivity contribution in [1.29, 1.82) is 0 Å². The van der Waals surface area contributed by atoms with E-state index in [0.717, 1.165) is 37.7 Å². The Hall–Kier alpha value is -2.73. The molecule has 2 aromatic carbocycles. The molecule has 2 aliphatic rings. The summed E-state index contributed by atoms with van der Waals surface area (Å²) in [7, 11) is 0. The summed E-state index contributed by atoms with van der Waals surface area (Å²) in [5, 5.41) is 2.99. The number of anilines is 1. The van der Waals surface area contributed by atoms with E-state index in [1.54, 1.807) is 12.1 Å². The minimum atomic E-state index is -0.319. The Balaban J connectivity index is 1.41. The molecule has 0 radical (unpaired) electrons. The summed E-state index contributed by atoms with van der Waals surface area (Å²) in [6.45, 7) is 4.68. The van der Waals surface area contributed by atoms with E-state index in [-0.39, 0.29) is 23.7 Å². The Labute approximate surface area is 189 Å². The maximum atomic E-state index is 13.3. The molecule has 1 atom stereocenters. The summed E-state index contributed by atoms with van der Waals surface area (Å²) >= 11 is 0. The molecule has 1 unspecified atom stereocenters. The lowest BCUT2D eigenvalue weighted by molar-refractivity contribution is -0.123. The Morgan fingerprint density at radius 3 is 2.19 bits per heavy atom. The first-order valence-electron chi connectivity index (χ1n) is 11.7. The van der Waals surface area contributed by atoms with Crippen LogP contribution >= 0.6 is 0 Å². The van der Waals surface area contributed by atoms with Crippen molar-refractivity contribution in [2.24, 2.45) is 5.92 Å². The molecule has 1 saturated carbocycles. The van der Waals surface area contributed by atoms with Gasteiger partial charge < -0.3 is 10.2 Å². The zero-order chi connectivity index (χ0) is 22.5. The van der Waals surface area contributed by atoms with Crippen LogP contribution in [0.3, 0.4) is 0 Å². The Bertz CT molecular complexity index is 915. The molecular weight excluding hydrogens is 405 g/mol. The number of halogens is 1.